The molecule has 5 rings (SSSR count). The minimum absolute atomic E-state index is 0.0906. The largest absolute Gasteiger partial charge is 0.497 e. The van der Waals surface area contributed by atoms with Crippen LogP contribution in [0.5, 0.6) is 5.75 Å². The Balaban J connectivity index is 1.40. The quantitative estimate of drug-likeness (QED) is 0.522. The fourth-order valence-electron chi connectivity index (χ4n) is 3.40. The lowest BCUT2D eigenvalue weighted by Gasteiger charge is -2.25. The summed E-state index contributed by atoms with van der Waals surface area (Å²) in [6, 6.07) is 14.1. The second-order valence-corrected chi connectivity index (χ2v) is 6.67. The first-order valence-electron chi connectivity index (χ1n) is 9.11. The summed E-state index contributed by atoms with van der Waals surface area (Å²) in [7, 11) is 1.64. The van der Waals surface area contributed by atoms with Crippen molar-refractivity contribution in [2.75, 3.05) is 7.11 Å². The summed E-state index contributed by atoms with van der Waals surface area (Å²) >= 11 is 0. The van der Waals surface area contributed by atoms with Crippen LogP contribution in [0, 0.1) is 5.82 Å². The molecule has 8 heteroatoms. The molecule has 1 atom stereocenters. The summed E-state index contributed by atoms with van der Waals surface area (Å²) in [6.45, 7) is 0.965. The summed E-state index contributed by atoms with van der Waals surface area (Å²) in [6.07, 6.45) is 1.64. The third-order valence-corrected chi connectivity index (χ3v) is 4.96. The third kappa shape index (κ3) is 3.17. The SMILES string of the molecule is COc1ccc(C2Cn3cnc(-c4nc(-c5ccccc5F)no4)c3CO2)cc1. The lowest BCUT2D eigenvalue weighted by atomic mass is 10.1. The van der Waals surface area contributed by atoms with Gasteiger partial charge in [0.05, 0.1) is 37.8 Å². The number of hydrogen-bond donors (Lipinski definition) is 0. The van der Waals surface area contributed by atoms with Gasteiger partial charge in [-0.25, -0.2) is 9.37 Å². The molecular formula is C21H17FN4O3. The van der Waals surface area contributed by atoms with Crippen molar-refractivity contribution in [1.82, 2.24) is 19.7 Å². The van der Waals surface area contributed by atoms with Gasteiger partial charge in [0.15, 0.2) is 5.69 Å². The highest BCUT2D eigenvalue weighted by Crippen LogP contribution is 2.32. The topological polar surface area (TPSA) is 75.2 Å². The zero-order chi connectivity index (χ0) is 19.8. The van der Waals surface area contributed by atoms with Crippen molar-refractivity contribution in [1.29, 1.82) is 0 Å². The number of ether oxygens (including phenoxy) is 2. The van der Waals surface area contributed by atoms with E-state index in [1.807, 2.05) is 28.8 Å². The molecule has 4 aromatic rings. The van der Waals surface area contributed by atoms with Crippen LogP contribution in [0.3, 0.4) is 0 Å². The molecule has 29 heavy (non-hydrogen) atoms. The van der Waals surface area contributed by atoms with E-state index in [-0.39, 0.29) is 23.4 Å². The van der Waals surface area contributed by atoms with E-state index in [0.717, 1.165) is 17.0 Å². The van der Waals surface area contributed by atoms with E-state index < -0.39 is 5.82 Å². The first-order chi connectivity index (χ1) is 14.2. The molecule has 2 aromatic carbocycles. The molecule has 0 N–H and O–H groups in total. The Labute approximate surface area is 165 Å². The number of halogens is 1. The van der Waals surface area contributed by atoms with Gasteiger partial charge in [-0.2, -0.15) is 4.98 Å². The molecule has 0 fully saturated rings. The Hall–Kier alpha value is -3.52. The molecule has 146 valence electrons. The maximum atomic E-state index is 14.0. The van der Waals surface area contributed by atoms with Crippen molar-refractivity contribution in [2.45, 2.75) is 19.3 Å². The molecule has 2 aromatic heterocycles. The second-order valence-electron chi connectivity index (χ2n) is 6.67. The molecule has 0 saturated carbocycles. The normalized spacial score (nSPS) is 15.9. The van der Waals surface area contributed by atoms with E-state index in [1.165, 1.54) is 6.07 Å². The number of rotatable bonds is 4. The molecule has 1 unspecified atom stereocenters. The van der Waals surface area contributed by atoms with Gasteiger partial charge in [0, 0.05) is 0 Å². The van der Waals surface area contributed by atoms with Crippen LogP contribution in [0.25, 0.3) is 23.0 Å². The van der Waals surface area contributed by atoms with Crippen LogP contribution in [0.2, 0.25) is 0 Å². The molecule has 3 heterocycles. The van der Waals surface area contributed by atoms with Crippen molar-refractivity contribution in [3.05, 3.63) is 71.9 Å². The Morgan fingerprint density at radius 3 is 2.76 bits per heavy atom. The van der Waals surface area contributed by atoms with Gasteiger partial charge >= 0.3 is 0 Å². The number of imidazole rings is 1. The number of benzene rings is 2. The molecule has 0 bridgehead atoms. The molecule has 0 aliphatic carbocycles. The number of nitrogens with zero attached hydrogens (tertiary/aromatic N) is 4. The minimum Gasteiger partial charge on any atom is -0.497 e. The predicted molar refractivity (Wildman–Crippen MR) is 101 cm³/mol. The predicted octanol–water partition coefficient (Wildman–Crippen LogP) is 4.02. The van der Waals surface area contributed by atoms with Gasteiger partial charge in [-0.15, -0.1) is 0 Å². The van der Waals surface area contributed by atoms with Crippen LogP contribution in [-0.2, 0) is 17.9 Å². The minimum atomic E-state index is -0.405. The lowest BCUT2D eigenvalue weighted by Crippen LogP contribution is -2.20. The molecule has 7 nitrogen and oxygen atoms in total. The molecule has 1 aliphatic heterocycles. The fourth-order valence-corrected chi connectivity index (χ4v) is 3.40. The zero-order valence-corrected chi connectivity index (χ0v) is 15.6. The zero-order valence-electron chi connectivity index (χ0n) is 15.6. The fraction of sp³-hybridized carbons (Fsp3) is 0.190. The van der Waals surface area contributed by atoms with Crippen LogP contribution in [-0.4, -0.2) is 26.8 Å². The van der Waals surface area contributed by atoms with Crippen molar-refractivity contribution < 1.29 is 18.4 Å². The molecule has 0 radical (unpaired) electrons. The van der Waals surface area contributed by atoms with Crippen molar-refractivity contribution >= 4 is 0 Å². The van der Waals surface area contributed by atoms with E-state index in [1.54, 1.807) is 31.6 Å². The first kappa shape index (κ1) is 17.6. The summed E-state index contributed by atoms with van der Waals surface area (Å²) in [5.41, 5.74) is 2.74. The van der Waals surface area contributed by atoms with Crippen LogP contribution >= 0.6 is 0 Å². The monoisotopic (exact) mass is 392 g/mol. The average Bonchev–Trinajstić information content (AvgIpc) is 3.40. The smallest absolute Gasteiger partial charge is 0.278 e. The standard InChI is InChI=1S/C21H17FN4O3/c1-27-14-8-6-13(7-9-14)18-10-26-12-23-19(17(26)11-28-18)21-24-20(25-29-21)15-4-2-3-5-16(15)22/h2-9,12,18H,10-11H2,1H3. The number of hydrogen-bond acceptors (Lipinski definition) is 6. The summed E-state index contributed by atoms with van der Waals surface area (Å²) in [5, 5.41) is 3.90. The van der Waals surface area contributed by atoms with Crippen LogP contribution in [0.1, 0.15) is 17.4 Å². The third-order valence-electron chi connectivity index (χ3n) is 4.96. The molecule has 1 aliphatic rings. The van der Waals surface area contributed by atoms with E-state index in [4.69, 9.17) is 14.0 Å². The van der Waals surface area contributed by atoms with Gasteiger partial charge in [-0.1, -0.05) is 29.4 Å². The lowest BCUT2D eigenvalue weighted by molar-refractivity contribution is 0.00328. The van der Waals surface area contributed by atoms with Gasteiger partial charge in [0.2, 0.25) is 5.82 Å². The summed E-state index contributed by atoms with van der Waals surface area (Å²) < 4.78 is 32.6. The first-order valence-corrected chi connectivity index (χ1v) is 9.11. The highest BCUT2D eigenvalue weighted by molar-refractivity contribution is 5.59. The molecule has 0 spiro atoms. The van der Waals surface area contributed by atoms with Crippen molar-refractivity contribution in [2.24, 2.45) is 0 Å². The summed E-state index contributed by atoms with van der Waals surface area (Å²) in [4.78, 5) is 8.75. The number of methoxy groups -OCH3 is 1. The van der Waals surface area contributed by atoms with Gasteiger partial charge in [0.1, 0.15) is 17.7 Å². The highest BCUT2D eigenvalue weighted by atomic mass is 19.1. The van der Waals surface area contributed by atoms with E-state index >= 15 is 0 Å². The van der Waals surface area contributed by atoms with Crippen LogP contribution in [0.4, 0.5) is 4.39 Å². The van der Waals surface area contributed by atoms with Crippen molar-refractivity contribution in [3.63, 3.8) is 0 Å². The molecular weight excluding hydrogens is 375 g/mol. The second kappa shape index (κ2) is 7.14. The van der Waals surface area contributed by atoms with Gasteiger partial charge in [-0.05, 0) is 29.8 Å². The maximum absolute atomic E-state index is 14.0. The van der Waals surface area contributed by atoms with Gasteiger partial charge in [0.25, 0.3) is 5.89 Å². The Morgan fingerprint density at radius 1 is 1.14 bits per heavy atom. The molecule has 0 amide bonds. The Morgan fingerprint density at radius 2 is 1.97 bits per heavy atom. The maximum Gasteiger partial charge on any atom is 0.278 e. The van der Waals surface area contributed by atoms with Gasteiger partial charge < -0.3 is 18.6 Å². The average molecular weight is 392 g/mol. The highest BCUT2D eigenvalue weighted by Gasteiger charge is 2.27. The van der Waals surface area contributed by atoms with Crippen molar-refractivity contribution in [3.8, 4) is 28.7 Å². The summed E-state index contributed by atoms with van der Waals surface area (Å²) in [5.74, 6) is 0.825. The number of fused-ring (bicyclic) bond motifs is 1. The van der Waals surface area contributed by atoms with E-state index in [0.29, 0.717) is 18.8 Å². The number of aromatic nitrogens is 4. The van der Waals surface area contributed by atoms with E-state index in [2.05, 4.69) is 15.1 Å². The Bertz CT molecular complexity index is 1150. The molecule has 0 saturated heterocycles. The van der Waals surface area contributed by atoms with E-state index in [9.17, 15) is 4.39 Å². The van der Waals surface area contributed by atoms with Crippen LogP contribution < -0.4 is 4.74 Å². The Kier molecular flexibility index (Phi) is 4.33. The van der Waals surface area contributed by atoms with Gasteiger partial charge in [-0.3, -0.25) is 0 Å². The van der Waals surface area contributed by atoms with Crippen LogP contribution in [0.15, 0.2) is 59.4 Å².